The SMILES string of the molecule is O=CCC([O-])CCCc1ccc(NC2CCN(C(=O)CCCN3CCN(c4ccc(C(F)(F)F)cn4)CC3)CC2)cc1C(F)(F)F. The Morgan fingerprint density at radius 1 is 0.978 bits per heavy atom. The summed E-state index contributed by atoms with van der Waals surface area (Å²) in [5.74, 6) is 0.555. The van der Waals surface area contributed by atoms with Crippen LogP contribution in [0.3, 0.4) is 0 Å². The molecule has 2 aliphatic heterocycles. The van der Waals surface area contributed by atoms with Gasteiger partial charge in [0.25, 0.3) is 0 Å². The van der Waals surface area contributed by atoms with Gasteiger partial charge < -0.3 is 25.0 Å². The second kappa shape index (κ2) is 15.9. The Morgan fingerprint density at radius 3 is 2.30 bits per heavy atom. The molecule has 0 aliphatic carbocycles. The first-order valence-corrected chi connectivity index (χ1v) is 15.7. The molecule has 4 rings (SSSR count). The summed E-state index contributed by atoms with van der Waals surface area (Å²) in [7, 11) is 0. The van der Waals surface area contributed by atoms with Crippen molar-refractivity contribution in [1.82, 2.24) is 14.8 Å². The lowest BCUT2D eigenvalue weighted by Crippen LogP contribution is -2.47. The number of nitrogens with zero attached hydrogens (tertiary/aromatic N) is 4. The average Bonchev–Trinajstić information content (AvgIpc) is 3.01. The van der Waals surface area contributed by atoms with Crippen LogP contribution in [0.5, 0.6) is 0 Å². The van der Waals surface area contributed by atoms with E-state index in [9.17, 15) is 41.0 Å². The molecule has 2 fully saturated rings. The molecule has 0 radical (unpaired) electrons. The molecule has 2 saturated heterocycles. The van der Waals surface area contributed by atoms with Gasteiger partial charge >= 0.3 is 12.4 Å². The van der Waals surface area contributed by atoms with Crippen molar-refractivity contribution in [3.8, 4) is 0 Å². The zero-order valence-corrected chi connectivity index (χ0v) is 25.6. The Balaban J connectivity index is 1.16. The van der Waals surface area contributed by atoms with Crippen LogP contribution in [0.4, 0.5) is 37.8 Å². The van der Waals surface area contributed by atoms with Gasteiger partial charge in [-0.3, -0.25) is 9.69 Å². The van der Waals surface area contributed by atoms with E-state index in [1.165, 1.54) is 12.1 Å². The molecule has 2 aromatic rings. The first-order chi connectivity index (χ1) is 21.8. The Labute approximate surface area is 264 Å². The number of carbonyl (C=O) groups is 2. The average molecular weight is 657 g/mol. The van der Waals surface area contributed by atoms with Crippen molar-refractivity contribution in [3.05, 3.63) is 53.2 Å². The van der Waals surface area contributed by atoms with Crippen molar-refractivity contribution in [2.45, 2.75) is 75.9 Å². The molecule has 14 heteroatoms. The second-order valence-electron chi connectivity index (χ2n) is 11.9. The van der Waals surface area contributed by atoms with E-state index in [1.54, 1.807) is 11.0 Å². The number of rotatable bonds is 13. The summed E-state index contributed by atoms with van der Waals surface area (Å²) in [6.45, 7) is 4.44. The number of pyridine rings is 1. The zero-order chi connectivity index (χ0) is 33.3. The van der Waals surface area contributed by atoms with E-state index < -0.39 is 29.6 Å². The van der Waals surface area contributed by atoms with E-state index in [0.717, 1.165) is 24.9 Å². The van der Waals surface area contributed by atoms with E-state index in [1.807, 2.05) is 4.90 Å². The van der Waals surface area contributed by atoms with Crippen LogP contribution in [0.25, 0.3) is 0 Å². The van der Waals surface area contributed by atoms with Gasteiger partial charge in [-0.2, -0.15) is 26.3 Å². The number of carbonyl (C=O) groups excluding carboxylic acids is 2. The molecule has 1 amide bonds. The topological polar surface area (TPSA) is 91.8 Å². The van der Waals surface area contributed by atoms with E-state index in [0.29, 0.717) is 82.7 Å². The highest BCUT2D eigenvalue weighted by atomic mass is 19.4. The molecule has 0 spiro atoms. The van der Waals surface area contributed by atoms with Gasteiger partial charge in [-0.05, 0) is 68.5 Å². The molecule has 1 unspecified atom stereocenters. The lowest BCUT2D eigenvalue weighted by Gasteiger charge is -2.36. The number of aldehydes is 1. The molecular weight excluding hydrogens is 616 g/mol. The number of aryl methyl sites for hydroxylation is 1. The third kappa shape index (κ3) is 10.3. The quantitative estimate of drug-likeness (QED) is 0.246. The number of halogens is 6. The molecule has 0 bridgehead atoms. The highest BCUT2D eigenvalue weighted by Gasteiger charge is 2.34. The summed E-state index contributed by atoms with van der Waals surface area (Å²) in [5.41, 5.74) is -1.03. The summed E-state index contributed by atoms with van der Waals surface area (Å²) in [6, 6.07) is 6.51. The van der Waals surface area contributed by atoms with Crippen molar-refractivity contribution in [1.29, 1.82) is 0 Å². The van der Waals surface area contributed by atoms with Crippen molar-refractivity contribution in [3.63, 3.8) is 0 Å². The van der Waals surface area contributed by atoms with E-state index >= 15 is 0 Å². The fourth-order valence-electron chi connectivity index (χ4n) is 5.96. The van der Waals surface area contributed by atoms with Crippen LogP contribution in [-0.2, 0) is 28.4 Å². The van der Waals surface area contributed by atoms with Crippen LogP contribution < -0.4 is 15.3 Å². The number of amides is 1. The van der Waals surface area contributed by atoms with Gasteiger partial charge in [0, 0.05) is 63.6 Å². The van der Waals surface area contributed by atoms with Gasteiger partial charge in [-0.1, -0.05) is 18.9 Å². The number of hydrogen-bond donors (Lipinski definition) is 1. The van der Waals surface area contributed by atoms with E-state index in [4.69, 9.17) is 0 Å². The molecule has 46 heavy (non-hydrogen) atoms. The Bertz CT molecular complexity index is 1270. The normalized spacial score (nSPS) is 17.6. The minimum absolute atomic E-state index is 0.0446. The van der Waals surface area contributed by atoms with E-state index in [2.05, 4.69) is 15.2 Å². The number of alkyl halides is 6. The molecule has 1 aromatic carbocycles. The molecule has 2 aliphatic rings. The Morgan fingerprint density at radius 2 is 1.70 bits per heavy atom. The van der Waals surface area contributed by atoms with Gasteiger partial charge in [0.2, 0.25) is 5.91 Å². The molecule has 3 heterocycles. The largest absolute Gasteiger partial charge is 0.852 e. The number of likely N-dealkylation sites (tertiary alicyclic amines) is 1. The molecule has 1 aromatic heterocycles. The maximum atomic E-state index is 13.8. The predicted octanol–water partition coefficient (Wildman–Crippen LogP) is 4.77. The lowest BCUT2D eigenvalue weighted by molar-refractivity contribution is -0.419. The molecule has 8 nitrogen and oxygen atoms in total. The second-order valence-corrected chi connectivity index (χ2v) is 11.9. The number of aromatic nitrogens is 1. The van der Waals surface area contributed by atoms with Crippen LogP contribution in [-0.4, -0.2) is 84.9 Å². The monoisotopic (exact) mass is 656 g/mol. The molecule has 1 atom stereocenters. The number of anilines is 2. The standard InChI is InChI=1S/C32H40F6N5O3/c33-31(34,35)24-7-9-29(39-22-24)42-18-16-41(17-19-42)13-2-5-30(46)43-14-10-25(11-15-43)40-26-8-6-23(28(21-26)32(36,37)38)3-1-4-27(45)12-20-44/h6-9,20-22,25,27,40H,1-5,10-19H2/q-1. The number of nitrogens with one attached hydrogen (secondary N) is 1. The first kappa shape index (κ1) is 35.5. The van der Waals surface area contributed by atoms with Crippen molar-refractivity contribution < 1.29 is 41.0 Å². The summed E-state index contributed by atoms with van der Waals surface area (Å²) in [6.07, 6.45) is -6.05. The number of piperidine rings is 1. The van der Waals surface area contributed by atoms with Crippen molar-refractivity contribution in [2.75, 3.05) is 56.0 Å². The van der Waals surface area contributed by atoms with Crippen molar-refractivity contribution >= 4 is 23.7 Å². The summed E-state index contributed by atoms with van der Waals surface area (Å²) in [4.78, 5) is 33.2. The molecule has 254 valence electrons. The van der Waals surface area contributed by atoms with Gasteiger partial charge in [-0.15, -0.1) is 6.10 Å². The van der Waals surface area contributed by atoms with Gasteiger partial charge in [-0.25, -0.2) is 4.98 Å². The molecule has 1 N–H and O–H groups in total. The maximum absolute atomic E-state index is 13.8. The minimum atomic E-state index is -4.54. The van der Waals surface area contributed by atoms with Crippen molar-refractivity contribution in [2.24, 2.45) is 0 Å². The third-order valence-electron chi connectivity index (χ3n) is 8.60. The number of hydrogen-bond acceptors (Lipinski definition) is 7. The first-order valence-electron chi connectivity index (χ1n) is 15.7. The fraction of sp³-hybridized carbons (Fsp3) is 0.594. The molecule has 0 saturated carbocycles. The van der Waals surface area contributed by atoms with Gasteiger partial charge in [0.15, 0.2) is 0 Å². The Kier molecular flexibility index (Phi) is 12.3. The third-order valence-corrected chi connectivity index (χ3v) is 8.60. The highest BCUT2D eigenvalue weighted by molar-refractivity contribution is 5.76. The smallest absolute Gasteiger partial charge is 0.417 e. The van der Waals surface area contributed by atoms with Gasteiger partial charge in [0.05, 0.1) is 11.1 Å². The Hall–Kier alpha value is -3.39. The number of piperazine rings is 1. The van der Waals surface area contributed by atoms with Crippen LogP contribution >= 0.6 is 0 Å². The van der Waals surface area contributed by atoms with Crippen LogP contribution in [0.1, 0.15) is 61.6 Å². The fourth-order valence-corrected chi connectivity index (χ4v) is 5.96. The zero-order valence-electron chi connectivity index (χ0n) is 25.6. The highest BCUT2D eigenvalue weighted by Crippen LogP contribution is 2.35. The lowest BCUT2D eigenvalue weighted by atomic mass is 9.98. The summed E-state index contributed by atoms with van der Waals surface area (Å²) < 4.78 is 79.7. The van der Waals surface area contributed by atoms with Crippen LogP contribution in [0, 0.1) is 0 Å². The van der Waals surface area contributed by atoms with E-state index in [-0.39, 0.29) is 43.2 Å². The van der Waals surface area contributed by atoms with Crippen LogP contribution in [0.15, 0.2) is 36.5 Å². The summed E-state index contributed by atoms with van der Waals surface area (Å²) >= 11 is 0. The minimum Gasteiger partial charge on any atom is -0.852 e. The summed E-state index contributed by atoms with van der Waals surface area (Å²) in [5, 5.41) is 14.8. The predicted molar refractivity (Wildman–Crippen MR) is 159 cm³/mol. The molecular formula is C32H40F6N5O3-. The maximum Gasteiger partial charge on any atom is 0.417 e. The van der Waals surface area contributed by atoms with Crippen LogP contribution in [0.2, 0.25) is 0 Å². The van der Waals surface area contributed by atoms with Gasteiger partial charge in [0.1, 0.15) is 12.1 Å². The number of benzene rings is 1.